The van der Waals surface area contributed by atoms with Gasteiger partial charge in [-0.25, -0.2) is 0 Å². The third-order valence-corrected chi connectivity index (χ3v) is 4.02. The number of rotatable bonds is 3. The van der Waals surface area contributed by atoms with Gasteiger partial charge in [0.15, 0.2) is 0 Å². The highest BCUT2D eigenvalue weighted by molar-refractivity contribution is 5.94. The summed E-state index contributed by atoms with van der Waals surface area (Å²) < 4.78 is 0. The maximum absolute atomic E-state index is 12.5. The van der Waals surface area contributed by atoms with Gasteiger partial charge in [-0.2, -0.15) is 0 Å². The molecule has 1 saturated heterocycles. The molecule has 2 heterocycles. The average molecular weight is 318 g/mol. The first-order valence-corrected chi connectivity index (χ1v) is 7.27. The van der Waals surface area contributed by atoms with Crippen molar-refractivity contribution in [3.63, 3.8) is 0 Å². The van der Waals surface area contributed by atoms with Gasteiger partial charge in [0.2, 0.25) is 0 Å². The monoisotopic (exact) mass is 317 g/mol. The van der Waals surface area contributed by atoms with Crippen LogP contribution < -0.4 is 5.73 Å². The molecular formula is C17H20ClN3O. The molecule has 1 aromatic heterocycles. The number of benzene rings is 1. The van der Waals surface area contributed by atoms with Crippen molar-refractivity contribution in [3.05, 3.63) is 65.5 Å². The van der Waals surface area contributed by atoms with E-state index in [1.807, 2.05) is 11.0 Å². The summed E-state index contributed by atoms with van der Waals surface area (Å²) in [5.74, 6) is 0.511. The summed E-state index contributed by atoms with van der Waals surface area (Å²) in [6.45, 7) is 1.94. The van der Waals surface area contributed by atoms with Crippen molar-refractivity contribution in [1.82, 2.24) is 9.88 Å². The Bertz CT molecular complexity index is 633. The van der Waals surface area contributed by atoms with E-state index in [1.165, 1.54) is 5.56 Å². The predicted octanol–water partition coefficient (Wildman–Crippen LogP) is 2.59. The molecule has 0 saturated carbocycles. The van der Waals surface area contributed by atoms with Gasteiger partial charge in [0.25, 0.3) is 5.91 Å². The normalized spacial score (nSPS) is 17.1. The standard InChI is InChI=1S/C17H19N3O.ClH/c18-11-16-10-14(6-8-19-16)17(21)20-9-7-15(12-20)13-4-2-1-3-5-13;/h1-6,8,10,15H,7,9,11-12,18H2;1H. The zero-order valence-corrected chi connectivity index (χ0v) is 13.1. The number of pyridine rings is 1. The molecule has 1 unspecified atom stereocenters. The van der Waals surface area contributed by atoms with Crippen LogP contribution >= 0.6 is 12.4 Å². The van der Waals surface area contributed by atoms with Gasteiger partial charge in [-0.15, -0.1) is 12.4 Å². The van der Waals surface area contributed by atoms with Crippen LogP contribution in [0.2, 0.25) is 0 Å². The lowest BCUT2D eigenvalue weighted by Crippen LogP contribution is -2.28. The first-order chi connectivity index (χ1) is 10.3. The fourth-order valence-electron chi connectivity index (χ4n) is 2.85. The van der Waals surface area contributed by atoms with Crippen molar-refractivity contribution >= 4 is 18.3 Å². The highest BCUT2D eigenvalue weighted by Gasteiger charge is 2.27. The summed E-state index contributed by atoms with van der Waals surface area (Å²) in [5.41, 5.74) is 8.32. The molecule has 5 heteroatoms. The molecule has 1 amide bonds. The fraction of sp³-hybridized carbons (Fsp3) is 0.294. The van der Waals surface area contributed by atoms with E-state index in [0.717, 1.165) is 25.2 Å². The van der Waals surface area contributed by atoms with Crippen molar-refractivity contribution in [1.29, 1.82) is 0 Å². The molecule has 1 aromatic carbocycles. The quantitative estimate of drug-likeness (QED) is 0.946. The number of carbonyl (C=O) groups excluding carboxylic acids is 1. The third kappa shape index (κ3) is 3.46. The van der Waals surface area contributed by atoms with Crippen molar-refractivity contribution < 1.29 is 4.79 Å². The number of aromatic nitrogens is 1. The SMILES string of the molecule is Cl.NCc1cc(C(=O)N2CCC(c3ccccc3)C2)ccn1. The first-order valence-electron chi connectivity index (χ1n) is 7.27. The Morgan fingerprint density at radius 3 is 2.77 bits per heavy atom. The summed E-state index contributed by atoms with van der Waals surface area (Å²) in [5, 5.41) is 0. The molecule has 0 spiro atoms. The number of amides is 1. The highest BCUT2D eigenvalue weighted by atomic mass is 35.5. The molecular weight excluding hydrogens is 298 g/mol. The molecule has 1 aliphatic heterocycles. The zero-order valence-electron chi connectivity index (χ0n) is 12.3. The van der Waals surface area contributed by atoms with Crippen LogP contribution in [0.3, 0.4) is 0 Å². The minimum Gasteiger partial charge on any atom is -0.338 e. The van der Waals surface area contributed by atoms with E-state index >= 15 is 0 Å². The number of likely N-dealkylation sites (tertiary alicyclic amines) is 1. The van der Waals surface area contributed by atoms with E-state index in [9.17, 15) is 4.79 Å². The minimum atomic E-state index is 0. The number of halogens is 1. The summed E-state index contributed by atoms with van der Waals surface area (Å²) in [7, 11) is 0. The number of nitrogens with zero attached hydrogens (tertiary/aromatic N) is 2. The van der Waals surface area contributed by atoms with Gasteiger partial charge in [0, 0.05) is 37.3 Å². The van der Waals surface area contributed by atoms with Crippen molar-refractivity contribution in [3.8, 4) is 0 Å². The molecule has 0 radical (unpaired) electrons. The van der Waals surface area contributed by atoms with E-state index in [4.69, 9.17) is 5.73 Å². The molecule has 0 aliphatic carbocycles. The largest absolute Gasteiger partial charge is 0.338 e. The zero-order chi connectivity index (χ0) is 14.7. The second kappa shape index (κ2) is 7.38. The van der Waals surface area contributed by atoms with Crippen LogP contribution in [0.25, 0.3) is 0 Å². The van der Waals surface area contributed by atoms with Crippen molar-refractivity contribution in [2.45, 2.75) is 18.9 Å². The lowest BCUT2D eigenvalue weighted by atomic mass is 9.99. The predicted molar refractivity (Wildman–Crippen MR) is 89.1 cm³/mol. The van der Waals surface area contributed by atoms with Gasteiger partial charge in [0.1, 0.15) is 0 Å². The number of carbonyl (C=O) groups is 1. The Kier molecular flexibility index (Phi) is 5.52. The topological polar surface area (TPSA) is 59.2 Å². The van der Waals surface area contributed by atoms with E-state index in [1.54, 1.807) is 18.3 Å². The van der Waals surface area contributed by atoms with Gasteiger partial charge >= 0.3 is 0 Å². The first kappa shape index (κ1) is 16.5. The second-order valence-corrected chi connectivity index (χ2v) is 5.39. The molecule has 116 valence electrons. The van der Waals surface area contributed by atoms with Gasteiger partial charge in [-0.05, 0) is 24.1 Å². The lowest BCUT2D eigenvalue weighted by molar-refractivity contribution is 0.0790. The van der Waals surface area contributed by atoms with E-state index in [2.05, 4.69) is 29.2 Å². The number of nitrogens with two attached hydrogens (primary N) is 1. The Morgan fingerprint density at radius 1 is 1.27 bits per heavy atom. The fourth-order valence-corrected chi connectivity index (χ4v) is 2.85. The van der Waals surface area contributed by atoms with Gasteiger partial charge < -0.3 is 10.6 Å². The van der Waals surface area contributed by atoms with Crippen LogP contribution in [0, 0.1) is 0 Å². The molecule has 2 aromatic rings. The summed E-state index contributed by atoms with van der Waals surface area (Å²) >= 11 is 0. The molecule has 1 fully saturated rings. The summed E-state index contributed by atoms with van der Waals surface area (Å²) in [6, 6.07) is 13.9. The smallest absolute Gasteiger partial charge is 0.253 e. The van der Waals surface area contributed by atoms with Crippen LogP contribution in [0.5, 0.6) is 0 Å². The van der Waals surface area contributed by atoms with Gasteiger partial charge in [0.05, 0.1) is 5.69 Å². The van der Waals surface area contributed by atoms with E-state index in [-0.39, 0.29) is 18.3 Å². The van der Waals surface area contributed by atoms with E-state index < -0.39 is 0 Å². The Balaban J connectivity index is 0.00000176. The molecule has 2 N–H and O–H groups in total. The average Bonchev–Trinajstić information content (AvgIpc) is 3.05. The number of hydrogen-bond acceptors (Lipinski definition) is 3. The summed E-state index contributed by atoms with van der Waals surface area (Å²) in [6.07, 6.45) is 2.67. The molecule has 4 nitrogen and oxygen atoms in total. The van der Waals surface area contributed by atoms with Gasteiger partial charge in [-0.1, -0.05) is 30.3 Å². The Labute approximate surface area is 136 Å². The molecule has 3 rings (SSSR count). The minimum absolute atomic E-state index is 0. The Hall–Kier alpha value is -1.91. The van der Waals surface area contributed by atoms with Crippen molar-refractivity contribution in [2.75, 3.05) is 13.1 Å². The molecule has 1 aliphatic rings. The second-order valence-electron chi connectivity index (χ2n) is 5.39. The molecule has 1 atom stereocenters. The summed E-state index contributed by atoms with van der Waals surface area (Å²) in [4.78, 5) is 18.6. The van der Waals surface area contributed by atoms with Crippen molar-refractivity contribution in [2.24, 2.45) is 5.73 Å². The third-order valence-electron chi connectivity index (χ3n) is 4.02. The van der Waals surface area contributed by atoms with E-state index in [0.29, 0.717) is 18.0 Å². The lowest BCUT2D eigenvalue weighted by Gasteiger charge is -2.17. The van der Waals surface area contributed by atoms with Gasteiger partial charge in [-0.3, -0.25) is 9.78 Å². The maximum Gasteiger partial charge on any atom is 0.253 e. The Morgan fingerprint density at radius 2 is 2.05 bits per heavy atom. The van der Waals surface area contributed by atoms with Crippen LogP contribution in [-0.2, 0) is 6.54 Å². The molecule has 22 heavy (non-hydrogen) atoms. The van der Waals surface area contributed by atoms with Crippen LogP contribution in [-0.4, -0.2) is 28.9 Å². The molecule has 0 bridgehead atoms. The van der Waals surface area contributed by atoms with Crippen LogP contribution in [0.4, 0.5) is 0 Å². The van der Waals surface area contributed by atoms with Crippen LogP contribution in [0.15, 0.2) is 48.7 Å². The maximum atomic E-state index is 12.5. The van der Waals surface area contributed by atoms with Crippen LogP contribution in [0.1, 0.15) is 34.0 Å². The number of hydrogen-bond donors (Lipinski definition) is 1. The highest BCUT2D eigenvalue weighted by Crippen LogP contribution is 2.27.